The Hall–Kier alpha value is -0.160. The van der Waals surface area contributed by atoms with Gasteiger partial charge < -0.3 is 0 Å². The van der Waals surface area contributed by atoms with Gasteiger partial charge in [-0.1, -0.05) is 12.2 Å². The smallest absolute Gasteiger partial charge is 0.0574 e. The van der Waals surface area contributed by atoms with Gasteiger partial charge in [-0.25, -0.2) is 0 Å². The molecule has 72 valence electrons. The third-order valence-corrected chi connectivity index (χ3v) is 4.07. The lowest BCUT2D eigenvalue weighted by Gasteiger charge is -1.83. The van der Waals surface area contributed by atoms with Crippen LogP contribution in [0.5, 0.6) is 0 Å². The Labute approximate surface area is 102 Å². The van der Waals surface area contributed by atoms with Gasteiger partial charge in [-0.15, -0.1) is 47.9 Å². The summed E-state index contributed by atoms with van der Waals surface area (Å²) < 4.78 is 2.09. The number of thiol groups is 2. The third-order valence-electron chi connectivity index (χ3n) is 1.68. The molecule has 0 nitrogen and oxygen atoms in total. The largest absolute Gasteiger partial charge is 0.137 e. The molecule has 0 aliphatic heterocycles. The molecule has 14 heavy (non-hydrogen) atoms. The summed E-state index contributed by atoms with van der Waals surface area (Å²) in [6, 6.07) is 4.11. The van der Waals surface area contributed by atoms with E-state index in [2.05, 4.69) is 60.3 Å². The molecule has 0 radical (unpaired) electrons. The SMILES string of the molecule is Sc1cc(/C=C/c2csc(S)c2)cs1. The van der Waals surface area contributed by atoms with E-state index < -0.39 is 0 Å². The zero-order valence-corrected chi connectivity index (χ0v) is 10.6. The Balaban J connectivity index is 2.14. The van der Waals surface area contributed by atoms with Gasteiger partial charge >= 0.3 is 0 Å². The van der Waals surface area contributed by atoms with Crippen molar-refractivity contribution in [3.05, 3.63) is 34.0 Å². The lowest BCUT2D eigenvalue weighted by atomic mass is 10.2. The van der Waals surface area contributed by atoms with Crippen molar-refractivity contribution in [1.82, 2.24) is 0 Å². The van der Waals surface area contributed by atoms with Crippen molar-refractivity contribution in [2.24, 2.45) is 0 Å². The van der Waals surface area contributed by atoms with Crippen LogP contribution in [0.2, 0.25) is 0 Å². The van der Waals surface area contributed by atoms with E-state index in [4.69, 9.17) is 0 Å². The van der Waals surface area contributed by atoms with Gasteiger partial charge in [0.1, 0.15) is 0 Å². The van der Waals surface area contributed by atoms with Crippen LogP contribution < -0.4 is 0 Å². The van der Waals surface area contributed by atoms with E-state index in [0.29, 0.717) is 0 Å². The molecule has 0 aromatic carbocycles. The fourth-order valence-electron chi connectivity index (χ4n) is 1.05. The van der Waals surface area contributed by atoms with Crippen LogP contribution in [0.3, 0.4) is 0 Å². The van der Waals surface area contributed by atoms with Crippen LogP contribution in [-0.2, 0) is 0 Å². The van der Waals surface area contributed by atoms with Crippen molar-refractivity contribution in [2.45, 2.75) is 8.42 Å². The molecule has 0 aliphatic rings. The van der Waals surface area contributed by atoms with E-state index in [1.807, 2.05) is 0 Å². The average molecular weight is 256 g/mol. The zero-order chi connectivity index (χ0) is 9.97. The minimum atomic E-state index is 1.05. The summed E-state index contributed by atoms with van der Waals surface area (Å²) in [5.74, 6) is 0. The summed E-state index contributed by atoms with van der Waals surface area (Å²) in [6.45, 7) is 0. The van der Waals surface area contributed by atoms with Crippen LogP contribution in [-0.4, -0.2) is 0 Å². The Bertz CT molecular complexity index is 408. The van der Waals surface area contributed by atoms with Crippen LogP contribution in [0.15, 0.2) is 31.3 Å². The highest BCUT2D eigenvalue weighted by Gasteiger charge is 1.93. The molecular weight excluding hydrogens is 248 g/mol. The van der Waals surface area contributed by atoms with E-state index in [-0.39, 0.29) is 0 Å². The Morgan fingerprint density at radius 2 is 1.29 bits per heavy atom. The Kier molecular flexibility index (Phi) is 3.38. The third kappa shape index (κ3) is 2.67. The molecule has 0 aliphatic carbocycles. The van der Waals surface area contributed by atoms with Gasteiger partial charge in [-0.3, -0.25) is 0 Å². The summed E-state index contributed by atoms with van der Waals surface area (Å²) in [5.41, 5.74) is 2.40. The fourth-order valence-corrected chi connectivity index (χ4v) is 2.87. The second-order valence-corrected chi connectivity index (χ2v) is 6.16. The van der Waals surface area contributed by atoms with Crippen molar-refractivity contribution in [1.29, 1.82) is 0 Å². The first-order chi connectivity index (χ1) is 6.74. The average Bonchev–Trinajstić information content (AvgIpc) is 2.72. The van der Waals surface area contributed by atoms with E-state index in [1.165, 1.54) is 11.1 Å². The first kappa shape index (κ1) is 10.4. The topological polar surface area (TPSA) is 0 Å². The molecular formula is C10H8S4. The van der Waals surface area contributed by atoms with Crippen LogP contribution >= 0.6 is 47.9 Å². The van der Waals surface area contributed by atoms with E-state index >= 15 is 0 Å². The van der Waals surface area contributed by atoms with Gasteiger partial charge in [0.15, 0.2) is 0 Å². The van der Waals surface area contributed by atoms with Crippen LogP contribution in [0, 0.1) is 0 Å². The molecule has 0 amide bonds. The monoisotopic (exact) mass is 256 g/mol. The van der Waals surface area contributed by atoms with Gasteiger partial charge in [0, 0.05) is 0 Å². The minimum absolute atomic E-state index is 1.05. The maximum atomic E-state index is 4.26. The normalized spacial score (nSPS) is 11.3. The lowest BCUT2D eigenvalue weighted by Crippen LogP contribution is -1.61. The van der Waals surface area contributed by atoms with Gasteiger partial charge in [0.25, 0.3) is 0 Å². The number of hydrogen-bond donors (Lipinski definition) is 2. The van der Waals surface area contributed by atoms with Gasteiger partial charge in [-0.2, -0.15) is 0 Å². The molecule has 0 unspecified atom stereocenters. The Morgan fingerprint density at radius 3 is 1.57 bits per heavy atom. The summed E-state index contributed by atoms with van der Waals surface area (Å²) in [4.78, 5) is 0. The molecule has 2 aromatic heterocycles. The molecule has 0 N–H and O–H groups in total. The molecule has 4 heteroatoms. The van der Waals surface area contributed by atoms with Crippen LogP contribution in [0.25, 0.3) is 12.2 Å². The second kappa shape index (κ2) is 4.57. The van der Waals surface area contributed by atoms with Crippen molar-refractivity contribution < 1.29 is 0 Å². The van der Waals surface area contributed by atoms with E-state index in [9.17, 15) is 0 Å². The number of thiophene rings is 2. The van der Waals surface area contributed by atoms with Crippen molar-refractivity contribution >= 4 is 60.1 Å². The maximum Gasteiger partial charge on any atom is 0.0574 e. The van der Waals surface area contributed by atoms with Gasteiger partial charge in [-0.05, 0) is 34.0 Å². The molecule has 0 atom stereocenters. The van der Waals surface area contributed by atoms with Crippen molar-refractivity contribution in [3.63, 3.8) is 0 Å². The highest BCUT2D eigenvalue weighted by molar-refractivity contribution is 7.83. The first-order valence-corrected chi connectivity index (χ1v) is 6.62. The summed E-state index contributed by atoms with van der Waals surface area (Å²) >= 11 is 11.8. The molecule has 0 fully saturated rings. The number of hydrogen-bond acceptors (Lipinski definition) is 4. The quantitative estimate of drug-likeness (QED) is 0.723. The molecule has 2 rings (SSSR count). The molecule has 2 aromatic rings. The van der Waals surface area contributed by atoms with E-state index in [0.717, 1.165) is 8.42 Å². The predicted molar refractivity (Wildman–Crippen MR) is 72.1 cm³/mol. The summed E-state index contributed by atoms with van der Waals surface area (Å²) in [6.07, 6.45) is 4.18. The highest BCUT2D eigenvalue weighted by Crippen LogP contribution is 2.22. The van der Waals surface area contributed by atoms with Crippen LogP contribution in [0.1, 0.15) is 11.1 Å². The molecule has 2 heterocycles. The lowest BCUT2D eigenvalue weighted by molar-refractivity contribution is 1.70. The second-order valence-electron chi connectivity index (χ2n) is 2.77. The summed E-state index contributed by atoms with van der Waals surface area (Å²) in [7, 11) is 0. The minimum Gasteiger partial charge on any atom is -0.137 e. The van der Waals surface area contributed by atoms with Crippen LogP contribution in [0.4, 0.5) is 0 Å². The van der Waals surface area contributed by atoms with Gasteiger partial charge in [0.2, 0.25) is 0 Å². The Morgan fingerprint density at radius 1 is 0.857 bits per heavy atom. The molecule has 0 saturated carbocycles. The molecule has 0 bridgehead atoms. The standard InChI is InChI=1S/C10H8S4/c11-9-3-7(5-13-9)1-2-8-4-10(12)14-6-8/h1-6,11-12H/b2-1+. The van der Waals surface area contributed by atoms with Crippen molar-refractivity contribution in [3.8, 4) is 0 Å². The fraction of sp³-hybridized carbons (Fsp3) is 0. The maximum absolute atomic E-state index is 4.26. The van der Waals surface area contributed by atoms with Crippen molar-refractivity contribution in [2.75, 3.05) is 0 Å². The zero-order valence-electron chi connectivity index (χ0n) is 7.18. The molecule has 0 spiro atoms. The predicted octanol–water partition coefficient (Wildman–Crippen LogP) is 4.56. The molecule has 0 saturated heterocycles. The highest BCUT2D eigenvalue weighted by atomic mass is 32.2. The van der Waals surface area contributed by atoms with E-state index in [1.54, 1.807) is 22.7 Å². The number of rotatable bonds is 2. The van der Waals surface area contributed by atoms with Gasteiger partial charge in [0.05, 0.1) is 8.42 Å². The first-order valence-electron chi connectivity index (χ1n) is 3.97. The summed E-state index contributed by atoms with van der Waals surface area (Å²) in [5, 5.41) is 4.18.